The highest BCUT2D eigenvalue weighted by molar-refractivity contribution is 7.20. The van der Waals surface area contributed by atoms with Crippen LogP contribution in [-0.2, 0) is 13.1 Å². The molecule has 0 atom stereocenters. The van der Waals surface area contributed by atoms with E-state index in [0.29, 0.717) is 37.3 Å². The molecule has 1 aliphatic heterocycles. The maximum atomic E-state index is 13.2. The van der Waals surface area contributed by atoms with Crippen LogP contribution in [0.1, 0.15) is 40.7 Å². The number of benzene rings is 1. The van der Waals surface area contributed by atoms with Gasteiger partial charge in [-0.05, 0) is 25.8 Å². The van der Waals surface area contributed by atoms with Crippen LogP contribution in [0.2, 0.25) is 0 Å². The van der Waals surface area contributed by atoms with Gasteiger partial charge in [0, 0.05) is 43.7 Å². The molecule has 1 amide bonds. The highest BCUT2D eigenvalue weighted by atomic mass is 32.1. The monoisotopic (exact) mass is 478 g/mol. The Morgan fingerprint density at radius 3 is 2.56 bits per heavy atom. The van der Waals surface area contributed by atoms with E-state index in [-0.39, 0.29) is 5.91 Å². The normalized spacial score (nSPS) is 15.0. The minimum atomic E-state index is 0.107. The quantitative estimate of drug-likeness (QED) is 0.409. The van der Waals surface area contributed by atoms with Crippen LogP contribution in [0.4, 0.5) is 0 Å². The van der Waals surface area contributed by atoms with Crippen LogP contribution in [0, 0.1) is 19.8 Å². The fourth-order valence-electron chi connectivity index (χ4n) is 4.28. The second-order valence-corrected chi connectivity index (χ2v) is 10.5. The third-order valence-electron chi connectivity index (χ3n) is 6.15. The largest absolute Gasteiger partial charge is 0.338 e. The summed E-state index contributed by atoms with van der Waals surface area (Å²) in [4.78, 5) is 23.8. The first-order valence-electron chi connectivity index (χ1n) is 11.8. The molecule has 0 radical (unpaired) electrons. The number of carbonyl (C=O) groups is 1. The van der Waals surface area contributed by atoms with Gasteiger partial charge in [0.25, 0.3) is 5.91 Å². The minimum Gasteiger partial charge on any atom is -0.338 e. The summed E-state index contributed by atoms with van der Waals surface area (Å²) in [5.41, 5.74) is 3.13. The maximum absolute atomic E-state index is 13.2. The van der Waals surface area contributed by atoms with Gasteiger partial charge in [-0.3, -0.25) is 14.4 Å². The molecule has 1 saturated heterocycles. The van der Waals surface area contributed by atoms with Crippen molar-refractivity contribution in [2.24, 2.45) is 5.92 Å². The summed E-state index contributed by atoms with van der Waals surface area (Å²) >= 11 is 1.56. The number of aryl methyl sites for hydroxylation is 2. The molecule has 4 heterocycles. The van der Waals surface area contributed by atoms with Gasteiger partial charge < -0.3 is 9.42 Å². The number of rotatable bonds is 6. The van der Waals surface area contributed by atoms with Crippen LogP contribution in [0.15, 0.2) is 34.9 Å². The second kappa shape index (κ2) is 9.31. The number of hydrogen-bond donors (Lipinski definition) is 0. The number of piperazine rings is 1. The van der Waals surface area contributed by atoms with E-state index in [9.17, 15) is 4.79 Å². The number of nitrogens with zero attached hydrogens (tertiary/aromatic N) is 6. The van der Waals surface area contributed by atoms with E-state index in [2.05, 4.69) is 40.9 Å². The molecule has 0 N–H and O–H groups in total. The molecular weight excluding hydrogens is 448 g/mol. The molecule has 178 valence electrons. The molecule has 0 unspecified atom stereocenters. The first kappa shape index (κ1) is 22.7. The average Bonchev–Trinajstić information content (AvgIpc) is 3.52. The highest BCUT2D eigenvalue weighted by Crippen LogP contribution is 2.30. The Labute approximate surface area is 203 Å². The number of thiophene rings is 1. The molecule has 5 rings (SSSR count). The molecule has 1 fully saturated rings. The van der Waals surface area contributed by atoms with Crippen LogP contribution in [-0.4, -0.2) is 61.8 Å². The van der Waals surface area contributed by atoms with Gasteiger partial charge in [0.1, 0.15) is 4.83 Å². The molecule has 8 nitrogen and oxygen atoms in total. The second-order valence-electron chi connectivity index (χ2n) is 9.44. The average molecular weight is 479 g/mol. The molecule has 4 aromatic rings. The van der Waals surface area contributed by atoms with Crippen molar-refractivity contribution >= 4 is 27.5 Å². The Kier molecular flexibility index (Phi) is 6.22. The van der Waals surface area contributed by atoms with Gasteiger partial charge in [-0.1, -0.05) is 48.8 Å². The third kappa shape index (κ3) is 4.63. The van der Waals surface area contributed by atoms with Gasteiger partial charge in [-0.15, -0.1) is 11.3 Å². The summed E-state index contributed by atoms with van der Waals surface area (Å²) in [6, 6.07) is 10.1. The SMILES string of the molecule is Cc1ccc(-c2noc(CN3CCN(C(=O)c4cc5c(C)nn(CC(C)C)c5s4)CC3)n2)cc1. The van der Waals surface area contributed by atoms with Crippen LogP contribution in [0.3, 0.4) is 0 Å². The topological polar surface area (TPSA) is 80.3 Å². The predicted molar refractivity (Wildman–Crippen MR) is 133 cm³/mol. The molecule has 9 heteroatoms. The molecule has 0 aliphatic carbocycles. The van der Waals surface area contributed by atoms with Crippen molar-refractivity contribution in [2.45, 2.75) is 40.8 Å². The summed E-state index contributed by atoms with van der Waals surface area (Å²) < 4.78 is 7.53. The summed E-state index contributed by atoms with van der Waals surface area (Å²) in [5, 5.41) is 9.87. The van der Waals surface area contributed by atoms with E-state index in [0.717, 1.165) is 46.0 Å². The van der Waals surface area contributed by atoms with Crippen molar-refractivity contribution in [3.05, 3.63) is 52.4 Å². The smallest absolute Gasteiger partial charge is 0.264 e. The van der Waals surface area contributed by atoms with Crippen LogP contribution < -0.4 is 0 Å². The number of hydrogen-bond acceptors (Lipinski definition) is 7. The Bertz CT molecular complexity index is 1290. The predicted octanol–water partition coefficient (Wildman–Crippen LogP) is 4.38. The minimum absolute atomic E-state index is 0.107. The summed E-state index contributed by atoms with van der Waals surface area (Å²) in [6.45, 7) is 12.8. The lowest BCUT2D eigenvalue weighted by Gasteiger charge is -2.33. The van der Waals surface area contributed by atoms with Gasteiger partial charge in [0.05, 0.1) is 17.1 Å². The lowest BCUT2D eigenvalue weighted by atomic mass is 10.1. The zero-order chi connectivity index (χ0) is 23.8. The summed E-state index contributed by atoms with van der Waals surface area (Å²) in [6.07, 6.45) is 0. The van der Waals surface area contributed by atoms with E-state index in [1.807, 2.05) is 46.8 Å². The molecule has 0 spiro atoms. The van der Waals surface area contributed by atoms with E-state index in [1.165, 1.54) is 5.56 Å². The van der Waals surface area contributed by atoms with E-state index < -0.39 is 0 Å². The van der Waals surface area contributed by atoms with Crippen LogP contribution >= 0.6 is 11.3 Å². The van der Waals surface area contributed by atoms with E-state index in [4.69, 9.17) is 4.52 Å². The first-order chi connectivity index (χ1) is 16.4. The standard InChI is InChI=1S/C25H30N6O2S/c1-16(2)14-31-25-20(18(4)27-31)13-21(34-25)24(32)30-11-9-29(10-12-30)15-22-26-23(28-33-22)19-7-5-17(3)6-8-19/h5-8,13,16H,9-12,14-15H2,1-4H3. The molecule has 1 aliphatic rings. The Morgan fingerprint density at radius 1 is 1.12 bits per heavy atom. The highest BCUT2D eigenvalue weighted by Gasteiger charge is 2.26. The molecule has 0 bridgehead atoms. The van der Waals surface area contributed by atoms with Crippen molar-refractivity contribution in [3.8, 4) is 11.4 Å². The van der Waals surface area contributed by atoms with Crippen LogP contribution in [0.25, 0.3) is 21.6 Å². The Balaban J connectivity index is 1.20. The lowest BCUT2D eigenvalue weighted by Crippen LogP contribution is -2.48. The lowest BCUT2D eigenvalue weighted by molar-refractivity contribution is 0.0620. The first-order valence-corrected chi connectivity index (χ1v) is 12.6. The summed E-state index contributed by atoms with van der Waals surface area (Å²) in [5.74, 6) is 1.82. The molecule has 3 aromatic heterocycles. The van der Waals surface area contributed by atoms with Crippen molar-refractivity contribution < 1.29 is 9.32 Å². The molecule has 0 saturated carbocycles. The zero-order valence-corrected chi connectivity index (χ0v) is 20.9. The van der Waals surface area contributed by atoms with Gasteiger partial charge in [0.2, 0.25) is 11.7 Å². The fourth-order valence-corrected chi connectivity index (χ4v) is 5.42. The van der Waals surface area contributed by atoms with E-state index >= 15 is 0 Å². The molecule has 34 heavy (non-hydrogen) atoms. The van der Waals surface area contributed by atoms with Crippen LogP contribution in [0.5, 0.6) is 0 Å². The molecule has 1 aromatic carbocycles. The van der Waals surface area contributed by atoms with Crippen molar-refractivity contribution in [3.63, 3.8) is 0 Å². The molecular formula is C25H30N6O2S. The Hall–Kier alpha value is -3.04. The number of amides is 1. The van der Waals surface area contributed by atoms with Crippen molar-refractivity contribution in [1.29, 1.82) is 0 Å². The Morgan fingerprint density at radius 2 is 1.85 bits per heavy atom. The number of carbonyl (C=O) groups excluding carboxylic acids is 1. The maximum Gasteiger partial charge on any atom is 0.264 e. The number of fused-ring (bicyclic) bond motifs is 1. The summed E-state index contributed by atoms with van der Waals surface area (Å²) in [7, 11) is 0. The van der Waals surface area contributed by atoms with Gasteiger partial charge in [-0.2, -0.15) is 10.1 Å². The van der Waals surface area contributed by atoms with Gasteiger partial charge >= 0.3 is 0 Å². The van der Waals surface area contributed by atoms with E-state index in [1.54, 1.807) is 11.3 Å². The van der Waals surface area contributed by atoms with Gasteiger partial charge in [0.15, 0.2) is 0 Å². The van der Waals surface area contributed by atoms with Gasteiger partial charge in [-0.25, -0.2) is 0 Å². The fraction of sp³-hybridized carbons (Fsp3) is 0.440. The zero-order valence-electron chi connectivity index (χ0n) is 20.1. The third-order valence-corrected chi connectivity index (χ3v) is 7.29. The van der Waals surface area contributed by atoms with Crippen molar-refractivity contribution in [2.75, 3.05) is 26.2 Å². The number of aromatic nitrogens is 4. The van der Waals surface area contributed by atoms with Crippen molar-refractivity contribution in [1.82, 2.24) is 29.7 Å².